The number of piperidine rings is 1. The van der Waals surface area contributed by atoms with Crippen LogP contribution in [0.15, 0.2) is 30.5 Å². The van der Waals surface area contributed by atoms with Crippen LogP contribution in [-0.4, -0.2) is 43.0 Å². The van der Waals surface area contributed by atoms with Gasteiger partial charge in [-0.25, -0.2) is 9.67 Å². The minimum Gasteiger partial charge on any atom is -0.341 e. The Kier molecular flexibility index (Phi) is 4.21. The van der Waals surface area contributed by atoms with Gasteiger partial charge in [-0.2, -0.15) is 0 Å². The molecule has 136 valence electrons. The Bertz CT molecular complexity index is 834. The molecule has 0 atom stereocenters. The van der Waals surface area contributed by atoms with E-state index in [-0.39, 0.29) is 0 Å². The van der Waals surface area contributed by atoms with Crippen molar-refractivity contribution in [3.8, 4) is 0 Å². The highest BCUT2D eigenvalue weighted by molar-refractivity contribution is 5.74. The van der Waals surface area contributed by atoms with Gasteiger partial charge < -0.3 is 4.98 Å². The van der Waals surface area contributed by atoms with Gasteiger partial charge in [0, 0.05) is 25.2 Å². The van der Waals surface area contributed by atoms with E-state index in [0.29, 0.717) is 12.0 Å². The molecule has 0 amide bonds. The summed E-state index contributed by atoms with van der Waals surface area (Å²) in [6.45, 7) is 3.06. The Morgan fingerprint density at radius 3 is 2.65 bits per heavy atom. The summed E-state index contributed by atoms with van der Waals surface area (Å²) in [6, 6.07) is 8.73. The van der Waals surface area contributed by atoms with Gasteiger partial charge in [-0.1, -0.05) is 30.2 Å². The van der Waals surface area contributed by atoms with Crippen LogP contribution in [0, 0.1) is 0 Å². The second-order valence-corrected chi connectivity index (χ2v) is 7.81. The minimum absolute atomic E-state index is 0.490. The summed E-state index contributed by atoms with van der Waals surface area (Å²) < 4.78 is 2.13. The smallest absolute Gasteiger partial charge is 0.121 e. The minimum atomic E-state index is 0.490. The Morgan fingerprint density at radius 2 is 1.85 bits per heavy atom. The van der Waals surface area contributed by atoms with E-state index in [9.17, 15) is 0 Å². The second-order valence-electron chi connectivity index (χ2n) is 7.81. The standard InChI is InChI=1S/C20H26N6/c1-2-6-15(5-1)19-13-26(24-23-19)16-9-11-25(12-10-16)14-20-21-17-7-3-4-8-18(17)22-20/h3-4,7-8,13,15-16H,1-2,5-6,9-12,14H2,(H,21,22). The summed E-state index contributed by atoms with van der Waals surface area (Å²) >= 11 is 0. The predicted octanol–water partition coefficient (Wildman–Crippen LogP) is 3.65. The number of para-hydroxylation sites is 2. The predicted molar refractivity (Wildman–Crippen MR) is 101 cm³/mol. The number of likely N-dealkylation sites (tertiary alicyclic amines) is 1. The first-order valence-corrected chi connectivity index (χ1v) is 9.93. The number of imidazole rings is 1. The van der Waals surface area contributed by atoms with Crippen molar-refractivity contribution >= 4 is 11.0 Å². The molecular formula is C20H26N6. The molecule has 0 unspecified atom stereocenters. The van der Waals surface area contributed by atoms with Crippen molar-refractivity contribution in [2.45, 2.75) is 57.0 Å². The van der Waals surface area contributed by atoms with Crippen LogP contribution in [0.25, 0.3) is 11.0 Å². The van der Waals surface area contributed by atoms with Crippen LogP contribution in [0.5, 0.6) is 0 Å². The highest BCUT2D eigenvalue weighted by atomic mass is 15.4. The third-order valence-electron chi connectivity index (χ3n) is 6.04. The number of hydrogen-bond donors (Lipinski definition) is 1. The highest BCUT2D eigenvalue weighted by Gasteiger charge is 2.25. The molecule has 1 saturated carbocycles. The molecule has 5 rings (SSSR count). The van der Waals surface area contributed by atoms with Crippen LogP contribution in [0.2, 0.25) is 0 Å². The molecule has 1 N–H and O–H groups in total. The molecule has 2 aliphatic rings. The zero-order chi connectivity index (χ0) is 17.3. The fourth-order valence-corrected chi connectivity index (χ4v) is 4.51. The lowest BCUT2D eigenvalue weighted by atomic mass is 10.0. The molecule has 6 heteroatoms. The van der Waals surface area contributed by atoms with Crippen molar-refractivity contribution in [3.63, 3.8) is 0 Å². The van der Waals surface area contributed by atoms with Crippen LogP contribution in [0.3, 0.4) is 0 Å². The van der Waals surface area contributed by atoms with Crippen molar-refractivity contribution < 1.29 is 0 Å². The van der Waals surface area contributed by atoms with E-state index in [0.717, 1.165) is 49.3 Å². The molecule has 1 aliphatic carbocycles. The summed E-state index contributed by atoms with van der Waals surface area (Å²) in [5.41, 5.74) is 3.39. The first-order chi connectivity index (χ1) is 12.8. The van der Waals surface area contributed by atoms with Crippen molar-refractivity contribution in [3.05, 3.63) is 42.0 Å². The van der Waals surface area contributed by atoms with Crippen molar-refractivity contribution in [2.75, 3.05) is 13.1 Å². The summed E-state index contributed by atoms with van der Waals surface area (Å²) in [4.78, 5) is 10.6. The van der Waals surface area contributed by atoms with Gasteiger partial charge in [0.2, 0.25) is 0 Å². The number of benzene rings is 1. The molecule has 0 spiro atoms. The van der Waals surface area contributed by atoms with Gasteiger partial charge in [0.25, 0.3) is 0 Å². The van der Waals surface area contributed by atoms with E-state index >= 15 is 0 Å². The maximum absolute atomic E-state index is 4.71. The third-order valence-corrected chi connectivity index (χ3v) is 6.04. The van der Waals surface area contributed by atoms with Crippen LogP contribution in [0.4, 0.5) is 0 Å². The van der Waals surface area contributed by atoms with E-state index in [1.54, 1.807) is 0 Å². The lowest BCUT2D eigenvalue weighted by molar-refractivity contribution is 0.169. The number of nitrogens with one attached hydrogen (secondary N) is 1. The van der Waals surface area contributed by atoms with Crippen LogP contribution in [0.1, 0.15) is 62.0 Å². The Hall–Kier alpha value is -2.21. The quantitative estimate of drug-likeness (QED) is 0.780. The lowest BCUT2D eigenvalue weighted by Crippen LogP contribution is -2.34. The molecule has 2 fully saturated rings. The first kappa shape index (κ1) is 16.0. The fraction of sp³-hybridized carbons (Fsp3) is 0.550. The Balaban J connectivity index is 1.19. The van der Waals surface area contributed by atoms with E-state index in [4.69, 9.17) is 4.98 Å². The van der Waals surface area contributed by atoms with Gasteiger partial charge in [0.15, 0.2) is 0 Å². The third kappa shape index (κ3) is 3.14. The van der Waals surface area contributed by atoms with Gasteiger partial charge in [0.1, 0.15) is 5.82 Å². The van der Waals surface area contributed by atoms with Gasteiger partial charge in [-0.3, -0.25) is 4.90 Å². The van der Waals surface area contributed by atoms with Gasteiger partial charge in [-0.05, 0) is 37.8 Å². The Labute approximate surface area is 153 Å². The largest absolute Gasteiger partial charge is 0.341 e. The van der Waals surface area contributed by atoms with Gasteiger partial charge in [0.05, 0.1) is 29.3 Å². The molecule has 2 aromatic heterocycles. The number of fused-ring (bicyclic) bond motifs is 1. The SMILES string of the molecule is c1ccc2[nH]c(CN3CCC(n4cc(C5CCCC5)nn4)CC3)nc2c1. The van der Waals surface area contributed by atoms with Crippen LogP contribution < -0.4 is 0 Å². The molecule has 3 aromatic rings. The van der Waals surface area contributed by atoms with E-state index in [1.807, 2.05) is 12.1 Å². The number of H-pyrrole nitrogens is 1. The van der Waals surface area contributed by atoms with Crippen molar-refractivity contribution in [1.29, 1.82) is 0 Å². The van der Waals surface area contributed by atoms with E-state index in [1.165, 1.54) is 31.4 Å². The molecule has 0 radical (unpaired) electrons. The molecule has 26 heavy (non-hydrogen) atoms. The fourth-order valence-electron chi connectivity index (χ4n) is 4.51. The number of rotatable bonds is 4. The number of nitrogens with zero attached hydrogens (tertiary/aromatic N) is 5. The summed E-state index contributed by atoms with van der Waals surface area (Å²) in [5, 5.41) is 8.92. The number of hydrogen-bond acceptors (Lipinski definition) is 4. The normalized spacial score (nSPS) is 20.3. The first-order valence-electron chi connectivity index (χ1n) is 9.93. The number of aromatic nitrogens is 5. The highest BCUT2D eigenvalue weighted by Crippen LogP contribution is 2.33. The van der Waals surface area contributed by atoms with Crippen LogP contribution >= 0.6 is 0 Å². The average Bonchev–Trinajstić information content (AvgIpc) is 3.41. The van der Waals surface area contributed by atoms with Crippen molar-refractivity contribution in [1.82, 2.24) is 29.9 Å². The molecule has 6 nitrogen and oxygen atoms in total. The molecule has 1 aromatic carbocycles. The number of aromatic amines is 1. The van der Waals surface area contributed by atoms with Gasteiger partial charge in [-0.15, -0.1) is 5.10 Å². The Morgan fingerprint density at radius 1 is 1.04 bits per heavy atom. The van der Waals surface area contributed by atoms with E-state index < -0.39 is 0 Å². The zero-order valence-electron chi connectivity index (χ0n) is 15.1. The lowest BCUT2D eigenvalue weighted by Gasteiger charge is -2.31. The molecule has 3 heterocycles. The summed E-state index contributed by atoms with van der Waals surface area (Å²) in [5.74, 6) is 1.71. The maximum atomic E-state index is 4.71. The monoisotopic (exact) mass is 350 g/mol. The molecule has 0 bridgehead atoms. The average molecular weight is 350 g/mol. The van der Waals surface area contributed by atoms with Crippen molar-refractivity contribution in [2.24, 2.45) is 0 Å². The molecule has 1 saturated heterocycles. The van der Waals surface area contributed by atoms with E-state index in [2.05, 4.69) is 43.2 Å². The molecule has 1 aliphatic heterocycles. The van der Waals surface area contributed by atoms with Crippen LogP contribution in [-0.2, 0) is 6.54 Å². The summed E-state index contributed by atoms with van der Waals surface area (Å²) in [6.07, 6.45) is 9.75. The second kappa shape index (κ2) is 6.83. The topological polar surface area (TPSA) is 62.6 Å². The molecular weight excluding hydrogens is 324 g/mol. The summed E-state index contributed by atoms with van der Waals surface area (Å²) in [7, 11) is 0. The van der Waals surface area contributed by atoms with Gasteiger partial charge >= 0.3 is 0 Å². The zero-order valence-corrected chi connectivity index (χ0v) is 15.1. The maximum Gasteiger partial charge on any atom is 0.121 e.